The van der Waals surface area contributed by atoms with Crippen LogP contribution in [0.15, 0.2) is 0 Å². The molecule has 2 nitrogen and oxygen atoms in total. The van der Waals surface area contributed by atoms with Crippen molar-refractivity contribution < 1.29 is 13.2 Å². The zero-order chi connectivity index (χ0) is 11.5. The van der Waals surface area contributed by atoms with Gasteiger partial charge in [0.25, 0.3) is 0 Å². The number of likely N-dealkylation sites (tertiary alicyclic amines) is 1. The Morgan fingerprint density at radius 2 is 1.80 bits per heavy atom. The van der Waals surface area contributed by atoms with Crippen molar-refractivity contribution in [1.82, 2.24) is 10.2 Å². The van der Waals surface area contributed by atoms with E-state index in [2.05, 4.69) is 19.2 Å². The molecule has 0 spiro atoms. The highest BCUT2D eigenvalue weighted by molar-refractivity contribution is 4.79. The molecule has 15 heavy (non-hydrogen) atoms. The Morgan fingerprint density at radius 3 is 2.20 bits per heavy atom. The molecule has 0 aromatic heterocycles. The Labute approximate surface area is 88.8 Å². The van der Waals surface area contributed by atoms with Crippen LogP contribution in [-0.4, -0.2) is 42.8 Å². The summed E-state index contributed by atoms with van der Waals surface area (Å²) in [5.41, 5.74) is 0. The average molecular weight is 224 g/mol. The summed E-state index contributed by atoms with van der Waals surface area (Å²) in [6.45, 7) is 4.44. The molecule has 0 aromatic rings. The van der Waals surface area contributed by atoms with Crippen LogP contribution in [0.4, 0.5) is 13.2 Å². The summed E-state index contributed by atoms with van der Waals surface area (Å²) in [4.78, 5) is 1.48. The van der Waals surface area contributed by atoms with Crippen LogP contribution in [-0.2, 0) is 0 Å². The number of nitrogens with zero attached hydrogens (tertiary/aromatic N) is 1. The third-order valence-corrected chi connectivity index (χ3v) is 2.56. The first kappa shape index (κ1) is 12.8. The van der Waals surface area contributed by atoms with Gasteiger partial charge in [-0.25, -0.2) is 0 Å². The van der Waals surface area contributed by atoms with Gasteiger partial charge in [-0.05, 0) is 25.9 Å². The minimum Gasteiger partial charge on any atom is -0.312 e. The van der Waals surface area contributed by atoms with Gasteiger partial charge in [0.15, 0.2) is 0 Å². The van der Waals surface area contributed by atoms with Gasteiger partial charge in [-0.2, -0.15) is 13.2 Å². The Kier molecular flexibility index (Phi) is 4.40. The molecule has 0 atom stereocenters. The second-order valence-corrected chi connectivity index (χ2v) is 4.49. The quantitative estimate of drug-likeness (QED) is 0.789. The lowest BCUT2D eigenvalue weighted by atomic mass is 10.0. The van der Waals surface area contributed by atoms with E-state index in [4.69, 9.17) is 0 Å². The second kappa shape index (κ2) is 5.16. The number of hydrogen-bond donors (Lipinski definition) is 1. The van der Waals surface area contributed by atoms with Crippen LogP contribution in [0, 0.1) is 0 Å². The van der Waals surface area contributed by atoms with E-state index in [-0.39, 0.29) is 0 Å². The van der Waals surface area contributed by atoms with Gasteiger partial charge >= 0.3 is 6.18 Å². The Bertz CT molecular complexity index is 184. The number of nitrogens with one attached hydrogen (secondary N) is 1. The standard InChI is InChI=1S/C10H19F3N2/c1-8(2)14-9-3-5-15(6-4-9)7-10(11,12)13/h8-9,14H,3-7H2,1-2H3. The van der Waals surface area contributed by atoms with E-state index in [1.807, 2.05) is 0 Å². The fourth-order valence-electron chi connectivity index (χ4n) is 1.98. The molecular weight excluding hydrogens is 205 g/mol. The largest absolute Gasteiger partial charge is 0.401 e. The topological polar surface area (TPSA) is 15.3 Å². The fourth-order valence-corrected chi connectivity index (χ4v) is 1.98. The maximum Gasteiger partial charge on any atom is 0.401 e. The molecule has 0 aromatic carbocycles. The predicted octanol–water partition coefficient (Wildman–Crippen LogP) is 2.01. The smallest absolute Gasteiger partial charge is 0.312 e. The van der Waals surface area contributed by atoms with E-state index in [1.54, 1.807) is 0 Å². The first-order valence-electron chi connectivity index (χ1n) is 5.42. The Balaban J connectivity index is 2.24. The summed E-state index contributed by atoms with van der Waals surface area (Å²) >= 11 is 0. The van der Waals surface area contributed by atoms with Crippen molar-refractivity contribution in [2.24, 2.45) is 0 Å². The van der Waals surface area contributed by atoms with Crippen LogP contribution >= 0.6 is 0 Å². The summed E-state index contributed by atoms with van der Waals surface area (Å²) in [6, 6.07) is 0.790. The van der Waals surface area contributed by atoms with E-state index < -0.39 is 12.7 Å². The second-order valence-electron chi connectivity index (χ2n) is 4.49. The molecule has 1 heterocycles. The predicted molar refractivity (Wildman–Crippen MR) is 53.8 cm³/mol. The first-order valence-corrected chi connectivity index (χ1v) is 5.42. The van der Waals surface area contributed by atoms with Gasteiger partial charge in [-0.15, -0.1) is 0 Å². The van der Waals surface area contributed by atoms with Gasteiger partial charge in [0.1, 0.15) is 0 Å². The number of alkyl halides is 3. The van der Waals surface area contributed by atoms with E-state index in [9.17, 15) is 13.2 Å². The lowest BCUT2D eigenvalue weighted by Gasteiger charge is -2.33. The van der Waals surface area contributed by atoms with Crippen LogP contribution in [0.25, 0.3) is 0 Å². The molecule has 0 saturated carbocycles. The van der Waals surface area contributed by atoms with Gasteiger partial charge in [-0.3, -0.25) is 4.90 Å². The van der Waals surface area contributed by atoms with Crippen LogP contribution in [0.5, 0.6) is 0 Å². The molecule has 1 saturated heterocycles. The van der Waals surface area contributed by atoms with E-state index >= 15 is 0 Å². The monoisotopic (exact) mass is 224 g/mol. The minimum atomic E-state index is -4.06. The highest BCUT2D eigenvalue weighted by Gasteiger charge is 2.32. The van der Waals surface area contributed by atoms with Crippen LogP contribution in [0.1, 0.15) is 26.7 Å². The number of halogens is 3. The summed E-state index contributed by atoms with van der Waals surface area (Å²) in [5, 5.41) is 3.36. The maximum atomic E-state index is 12.1. The molecule has 1 aliphatic heterocycles. The third-order valence-electron chi connectivity index (χ3n) is 2.56. The highest BCUT2D eigenvalue weighted by Crippen LogP contribution is 2.19. The average Bonchev–Trinajstić information content (AvgIpc) is 2.05. The molecule has 1 rings (SSSR count). The number of piperidine rings is 1. The molecule has 0 aliphatic carbocycles. The van der Waals surface area contributed by atoms with Crippen molar-refractivity contribution in [3.63, 3.8) is 0 Å². The molecule has 5 heteroatoms. The molecule has 0 unspecified atom stereocenters. The van der Waals surface area contributed by atoms with Crippen LogP contribution < -0.4 is 5.32 Å². The van der Waals surface area contributed by atoms with Crippen molar-refractivity contribution >= 4 is 0 Å². The molecular formula is C10H19F3N2. The minimum absolute atomic E-state index is 0.384. The van der Waals surface area contributed by atoms with E-state index in [1.165, 1.54) is 4.90 Å². The fraction of sp³-hybridized carbons (Fsp3) is 1.00. The van der Waals surface area contributed by atoms with Crippen molar-refractivity contribution in [3.05, 3.63) is 0 Å². The SMILES string of the molecule is CC(C)NC1CCN(CC(F)(F)F)CC1. The molecule has 1 N–H and O–H groups in total. The van der Waals surface area contributed by atoms with Crippen molar-refractivity contribution in [1.29, 1.82) is 0 Å². The highest BCUT2D eigenvalue weighted by atomic mass is 19.4. The van der Waals surface area contributed by atoms with Crippen molar-refractivity contribution in [2.75, 3.05) is 19.6 Å². The summed E-state index contributed by atoms with van der Waals surface area (Å²) in [5.74, 6) is 0. The summed E-state index contributed by atoms with van der Waals surface area (Å²) < 4.78 is 36.3. The molecule has 1 aliphatic rings. The number of hydrogen-bond acceptors (Lipinski definition) is 2. The Hall–Kier alpha value is -0.290. The normalized spacial score (nSPS) is 21.2. The van der Waals surface area contributed by atoms with Crippen molar-refractivity contribution in [3.8, 4) is 0 Å². The van der Waals surface area contributed by atoms with Crippen molar-refractivity contribution in [2.45, 2.75) is 44.9 Å². The molecule has 0 bridgehead atoms. The van der Waals surface area contributed by atoms with E-state index in [0.717, 1.165) is 12.8 Å². The number of rotatable bonds is 3. The van der Waals surface area contributed by atoms with Gasteiger partial charge < -0.3 is 5.32 Å². The maximum absolute atomic E-state index is 12.1. The Morgan fingerprint density at radius 1 is 1.27 bits per heavy atom. The summed E-state index contributed by atoms with van der Waals surface area (Å²) in [6.07, 6.45) is -2.43. The van der Waals surface area contributed by atoms with Gasteiger partial charge in [0.05, 0.1) is 6.54 Å². The van der Waals surface area contributed by atoms with Crippen LogP contribution in [0.2, 0.25) is 0 Å². The zero-order valence-electron chi connectivity index (χ0n) is 9.27. The zero-order valence-corrected chi connectivity index (χ0v) is 9.27. The third kappa shape index (κ3) is 5.37. The van der Waals surface area contributed by atoms with Gasteiger partial charge in [0.2, 0.25) is 0 Å². The molecule has 1 fully saturated rings. The summed E-state index contributed by atoms with van der Waals surface area (Å²) in [7, 11) is 0. The van der Waals surface area contributed by atoms with Crippen LogP contribution in [0.3, 0.4) is 0 Å². The first-order chi connectivity index (χ1) is 6.87. The molecule has 0 radical (unpaired) electrons. The lowest BCUT2D eigenvalue weighted by molar-refractivity contribution is -0.148. The molecule has 90 valence electrons. The van der Waals surface area contributed by atoms with E-state index in [0.29, 0.717) is 25.2 Å². The lowest BCUT2D eigenvalue weighted by Crippen LogP contribution is -2.47. The molecule has 0 amide bonds. The van der Waals surface area contributed by atoms with Gasteiger partial charge in [0, 0.05) is 12.1 Å². The van der Waals surface area contributed by atoms with Gasteiger partial charge in [-0.1, -0.05) is 13.8 Å².